The lowest BCUT2D eigenvalue weighted by Gasteiger charge is -2.30. The Bertz CT molecular complexity index is 1580. The largest absolute Gasteiger partial charge is 0.493 e. The third kappa shape index (κ3) is 7.11. The Kier molecular flexibility index (Phi) is 8.92. The third-order valence-electron chi connectivity index (χ3n) is 7.83. The van der Waals surface area contributed by atoms with Crippen LogP contribution in [-0.4, -0.2) is 54.0 Å². The molecule has 3 aromatic carbocycles. The van der Waals surface area contributed by atoms with Crippen LogP contribution in [0.5, 0.6) is 11.5 Å². The monoisotopic (exact) mass is 582 g/mol. The van der Waals surface area contributed by atoms with Gasteiger partial charge in [-0.25, -0.2) is 0 Å². The summed E-state index contributed by atoms with van der Waals surface area (Å²) < 4.78 is 16.2. The average molecular weight is 583 g/mol. The molecule has 0 unspecified atom stereocenters. The second kappa shape index (κ2) is 12.8. The zero-order chi connectivity index (χ0) is 30.6. The van der Waals surface area contributed by atoms with E-state index in [4.69, 9.17) is 14.0 Å². The summed E-state index contributed by atoms with van der Waals surface area (Å²) >= 11 is 0. The third-order valence-corrected chi connectivity index (χ3v) is 7.83. The summed E-state index contributed by atoms with van der Waals surface area (Å²) in [5.74, 6) is 1.99. The minimum Gasteiger partial charge on any atom is -0.493 e. The van der Waals surface area contributed by atoms with Gasteiger partial charge < -0.3 is 19.3 Å². The van der Waals surface area contributed by atoms with Crippen LogP contribution >= 0.6 is 0 Å². The average Bonchev–Trinajstić information content (AvgIpc) is 3.49. The molecule has 2 heterocycles. The van der Waals surface area contributed by atoms with E-state index >= 15 is 0 Å². The second-order valence-electron chi connectivity index (χ2n) is 11.9. The molecule has 1 aliphatic rings. The highest BCUT2D eigenvalue weighted by Crippen LogP contribution is 2.31. The summed E-state index contributed by atoms with van der Waals surface area (Å²) in [6.07, 6.45) is 1.42. The highest BCUT2D eigenvalue weighted by Gasteiger charge is 2.26. The van der Waals surface area contributed by atoms with Gasteiger partial charge in [-0.15, -0.1) is 0 Å². The number of methoxy groups -OCH3 is 2. The molecule has 0 saturated carbocycles. The van der Waals surface area contributed by atoms with Crippen molar-refractivity contribution in [2.24, 2.45) is 5.92 Å². The maximum atomic E-state index is 13.1. The fraction of sp³-hybridized carbons (Fsp3) is 0.353. The van der Waals surface area contributed by atoms with Crippen molar-refractivity contribution in [3.8, 4) is 22.9 Å². The summed E-state index contributed by atoms with van der Waals surface area (Å²) in [6, 6.07) is 20.4. The van der Waals surface area contributed by atoms with Crippen LogP contribution in [0.15, 0.2) is 71.3 Å². The molecule has 0 aliphatic carbocycles. The van der Waals surface area contributed by atoms with Gasteiger partial charge in [0.1, 0.15) is 0 Å². The van der Waals surface area contributed by atoms with Crippen molar-refractivity contribution in [1.82, 2.24) is 15.0 Å². The Morgan fingerprint density at radius 1 is 0.930 bits per heavy atom. The van der Waals surface area contributed by atoms with Gasteiger partial charge in [0.2, 0.25) is 17.6 Å². The van der Waals surface area contributed by atoms with Crippen molar-refractivity contribution in [2.45, 2.75) is 45.6 Å². The van der Waals surface area contributed by atoms with Crippen molar-refractivity contribution in [3.63, 3.8) is 0 Å². The molecule has 0 bridgehead atoms. The summed E-state index contributed by atoms with van der Waals surface area (Å²) in [7, 11) is 3.17. The zero-order valence-electron chi connectivity index (χ0n) is 25.3. The molecule has 5 rings (SSSR count). The normalized spacial score (nSPS) is 14.3. The summed E-state index contributed by atoms with van der Waals surface area (Å²) in [4.78, 5) is 33.0. The number of ether oxygens (including phenoxy) is 2. The van der Waals surface area contributed by atoms with Crippen LogP contribution in [0.2, 0.25) is 0 Å². The number of ketones is 1. The fourth-order valence-electron chi connectivity index (χ4n) is 5.23. The first kappa shape index (κ1) is 30.0. The van der Waals surface area contributed by atoms with Crippen molar-refractivity contribution < 1.29 is 23.6 Å². The van der Waals surface area contributed by atoms with Crippen molar-refractivity contribution in [1.29, 1.82) is 0 Å². The predicted octanol–water partition coefficient (Wildman–Crippen LogP) is 6.13. The molecule has 1 saturated heterocycles. The molecule has 1 fully saturated rings. The van der Waals surface area contributed by atoms with Crippen LogP contribution in [0.1, 0.15) is 61.0 Å². The van der Waals surface area contributed by atoms with Gasteiger partial charge in [0, 0.05) is 28.3 Å². The van der Waals surface area contributed by atoms with E-state index in [0.717, 1.165) is 18.7 Å². The highest BCUT2D eigenvalue weighted by atomic mass is 16.5. The van der Waals surface area contributed by atoms with E-state index in [1.165, 1.54) is 5.56 Å². The number of aromatic nitrogens is 2. The first-order chi connectivity index (χ1) is 20.6. The molecule has 1 amide bonds. The van der Waals surface area contributed by atoms with Gasteiger partial charge in [0.25, 0.3) is 0 Å². The van der Waals surface area contributed by atoms with E-state index in [1.807, 2.05) is 42.5 Å². The van der Waals surface area contributed by atoms with Crippen LogP contribution in [0.3, 0.4) is 0 Å². The number of benzene rings is 3. The summed E-state index contributed by atoms with van der Waals surface area (Å²) in [6.45, 7) is 8.40. The number of anilines is 1. The molecule has 0 spiro atoms. The Morgan fingerprint density at radius 2 is 1.65 bits per heavy atom. The number of amides is 1. The van der Waals surface area contributed by atoms with Crippen molar-refractivity contribution in [2.75, 3.05) is 32.6 Å². The molecule has 1 aliphatic heterocycles. The van der Waals surface area contributed by atoms with Crippen molar-refractivity contribution >= 4 is 17.4 Å². The lowest BCUT2D eigenvalue weighted by Crippen LogP contribution is -2.37. The second-order valence-corrected chi connectivity index (χ2v) is 11.9. The topological polar surface area (TPSA) is 107 Å². The zero-order valence-corrected chi connectivity index (χ0v) is 25.3. The minimum absolute atomic E-state index is 0.0191. The molecule has 1 N–H and O–H groups in total. The molecule has 43 heavy (non-hydrogen) atoms. The number of hydrogen-bond donors (Lipinski definition) is 1. The van der Waals surface area contributed by atoms with E-state index in [-0.39, 0.29) is 23.0 Å². The molecule has 224 valence electrons. The van der Waals surface area contributed by atoms with Crippen molar-refractivity contribution in [3.05, 3.63) is 89.3 Å². The van der Waals surface area contributed by atoms with Crippen LogP contribution in [0.4, 0.5) is 5.69 Å². The van der Waals surface area contributed by atoms with Gasteiger partial charge >= 0.3 is 0 Å². The van der Waals surface area contributed by atoms with Crippen LogP contribution < -0.4 is 14.8 Å². The number of hydrogen-bond acceptors (Lipinski definition) is 8. The lowest BCUT2D eigenvalue weighted by atomic mass is 9.86. The van der Waals surface area contributed by atoms with E-state index in [1.54, 1.807) is 38.5 Å². The minimum atomic E-state index is -0.120. The first-order valence-electron chi connectivity index (χ1n) is 14.5. The molecular formula is C34H38N4O5. The van der Waals surface area contributed by atoms with Gasteiger partial charge in [-0.3, -0.25) is 14.5 Å². The fourth-order valence-corrected chi connectivity index (χ4v) is 5.23. The van der Waals surface area contributed by atoms with E-state index in [0.29, 0.717) is 59.4 Å². The smallest absolute Gasteiger partial charge is 0.241 e. The molecule has 9 heteroatoms. The quantitative estimate of drug-likeness (QED) is 0.235. The van der Waals surface area contributed by atoms with E-state index < -0.39 is 0 Å². The Labute approximate surface area is 252 Å². The number of piperidine rings is 1. The number of likely N-dealkylation sites (tertiary alicyclic amines) is 1. The maximum Gasteiger partial charge on any atom is 0.241 e. The number of rotatable bonds is 9. The lowest BCUT2D eigenvalue weighted by molar-refractivity contribution is -0.121. The first-order valence-corrected chi connectivity index (χ1v) is 14.5. The van der Waals surface area contributed by atoms with Gasteiger partial charge in [-0.05, 0) is 67.2 Å². The summed E-state index contributed by atoms with van der Waals surface area (Å²) in [5, 5.41) is 7.15. The number of carbonyl (C=O) groups is 2. The van der Waals surface area contributed by atoms with Crippen LogP contribution in [-0.2, 0) is 16.8 Å². The SMILES string of the molecule is COc1ccc(-c2noc(CN3CCC(C(=O)Nc4cccc(C(=O)c5ccc(C(C)(C)C)cc5)c4)CC3)n2)cc1OC. The molecule has 0 atom stereocenters. The van der Waals surface area contributed by atoms with Gasteiger partial charge in [0.05, 0.1) is 20.8 Å². The maximum absolute atomic E-state index is 13.1. The van der Waals surface area contributed by atoms with Gasteiger partial charge in [-0.2, -0.15) is 4.98 Å². The number of nitrogens with one attached hydrogen (secondary N) is 1. The Morgan fingerprint density at radius 3 is 2.33 bits per heavy atom. The molecular weight excluding hydrogens is 544 g/mol. The molecule has 1 aromatic heterocycles. The van der Waals surface area contributed by atoms with Crippen LogP contribution in [0, 0.1) is 5.92 Å². The van der Waals surface area contributed by atoms with Crippen LogP contribution in [0.25, 0.3) is 11.4 Å². The molecule has 0 radical (unpaired) electrons. The Balaban J connectivity index is 1.14. The van der Waals surface area contributed by atoms with E-state index in [2.05, 4.69) is 41.1 Å². The molecule has 9 nitrogen and oxygen atoms in total. The highest BCUT2D eigenvalue weighted by molar-refractivity contribution is 6.09. The number of carbonyl (C=O) groups excluding carboxylic acids is 2. The molecule has 4 aromatic rings. The number of nitrogens with zero attached hydrogens (tertiary/aromatic N) is 3. The predicted molar refractivity (Wildman–Crippen MR) is 164 cm³/mol. The summed E-state index contributed by atoms with van der Waals surface area (Å²) in [5.41, 5.74) is 3.76. The van der Waals surface area contributed by atoms with E-state index in [9.17, 15) is 9.59 Å². The van der Waals surface area contributed by atoms with Gasteiger partial charge in [0.15, 0.2) is 17.3 Å². The Hall–Kier alpha value is -4.50. The standard InChI is InChI=1S/C34H38N4O5/c1-34(2,3)26-12-9-22(10-13-26)31(39)24-7-6-8-27(19-24)35-33(40)23-15-17-38(18-16-23)21-30-36-32(37-43-30)25-11-14-28(41-4)29(20-25)42-5/h6-14,19-20,23H,15-18,21H2,1-5H3,(H,35,40). The van der Waals surface area contributed by atoms with Gasteiger partial charge in [-0.1, -0.05) is 62.3 Å².